The quantitative estimate of drug-likeness (QED) is 0.675. The Hall–Kier alpha value is -2.08. The fraction of sp³-hybridized carbons (Fsp3) is 0.111. The van der Waals surface area contributed by atoms with Crippen molar-refractivity contribution in [1.29, 1.82) is 0 Å². The molecule has 0 heterocycles. The van der Waals surface area contributed by atoms with Gasteiger partial charge >= 0.3 is 0 Å². The zero-order valence-electron chi connectivity index (χ0n) is 10.1. The molecular formula is C18H14. The molecule has 18 heavy (non-hydrogen) atoms. The standard InChI is InChI=1S/C18H14/c1-2-6-13(5-1)17-12-11-15-10-9-14-7-3-4-8-16(14)18(15)17/h1-10,12-13H,11H2. The van der Waals surface area contributed by atoms with Crippen LogP contribution in [0.3, 0.4) is 0 Å². The van der Waals surface area contributed by atoms with Gasteiger partial charge in [0.25, 0.3) is 0 Å². The minimum atomic E-state index is 0.469. The molecule has 0 N–H and O–H groups in total. The highest BCUT2D eigenvalue weighted by atomic mass is 14.3. The van der Waals surface area contributed by atoms with Crippen LogP contribution in [0.4, 0.5) is 0 Å². The molecule has 0 aliphatic heterocycles. The Morgan fingerprint density at radius 1 is 0.889 bits per heavy atom. The van der Waals surface area contributed by atoms with Crippen molar-refractivity contribution >= 4 is 16.3 Å². The van der Waals surface area contributed by atoms with Gasteiger partial charge in [-0.25, -0.2) is 0 Å². The van der Waals surface area contributed by atoms with Crippen molar-refractivity contribution in [2.45, 2.75) is 6.42 Å². The third-order valence-corrected chi connectivity index (χ3v) is 3.95. The number of hydrogen-bond acceptors (Lipinski definition) is 0. The van der Waals surface area contributed by atoms with Crippen LogP contribution in [0.15, 0.2) is 66.8 Å². The molecule has 2 aromatic carbocycles. The van der Waals surface area contributed by atoms with Crippen LogP contribution in [0.25, 0.3) is 16.3 Å². The van der Waals surface area contributed by atoms with E-state index in [0.717, 1.165) is 6.42 Å². The van der Waals surface area contributed by atoms with E-state index in [1.165, 1.54) is 27.5 Å². The summed E-state index contributed by atoms with van der Waals surface area (Å²) < 4.78 is 0. The van der Waals surface area contributed by atoms with Crippen molar-refractivity contribution in [1.82, 2.24) is 0 Å². The van der Waals surface area contributed by atoms with Gasteiger partial charge in [-0.2, -0.15) is 0 Å². The number of hydrogen-bond donors (Lipinski definition) is 0. The van der Waals surface area contributed by atoms with Crippen LogP contribution >= 0.6 is 0 Å². The molecule has 0 saturated carbocycles. The Bertz CT molecular complexity index is 702. The van der Waals surface area contributed by atoms with E-state index < -0.39 is 0 Å². The van der Waals surface area contributed by atoms with E-state index in [0.29, 0.717) is 5.92 Å². The SMILES string of the molecule is C1=CC(C2=CCc3ccc4ccccc4c32)C=C1. The summed E-state index contributed by atoms with van der Waals surface area (Å²) in [5.74, 6) is 0.469. The predicted octanol–water partition coefficient (Wildman–Crippen LogP) is 4.52. The second-order valence-electron chi connectivity index (χ2n) is 4.98. The Balaban J connectivity index is 1.98. The maximum Gasteiger partial charge on any atom is 0.0208 e. The van der Waals surface area contributed by atoms with Gasteiger partial charge in [0.05, 0.1) is 0 Å². The second-order valence-corrected chi connectivity index (χ2v) is 4.98. The van der Waals surface area contributed by atoms with Crippen LogP contribution in [0.5, 0.6) is 0 Å². The van der Waals surface area contributed by atoms with Crippen molar-refractivity contribution in [3.05, 3.63) is 77.9 Å². The van der Waals surface area contributed by atoms with Crippen LogP contribution in [0.1, 0.15) is 11.1 Å². The topological polar surface area (TPSA) is 0 Å². The van der Waals surface area contributed by atoms with Crippen molar-refractivity contribution in [3.63, 3.8) is 0 Å². The zero-order chi connectivity index (χ0) is 11.9. The highest BCUT2D eigenvalue weighted by Crippen LogP contribution is 2.39. The molecule has 2 aliphatic carbocycles. The Morgan fingerprint density at radius 3 is 2.61 bits per heavy atom. The molecule has 0 atom stereocenters. The Kier molecular flexibility index (Phi) is 2.04. The Morgan fingerprint density at radius 2 is 1.72 bits per heavy atom. The first kappa shape index (κ1) is 9.90. The molecule has 0 unspecified atom stereocenters. The van der Waals surface area contributed by atoms with E-state index in [9.17, 15) is 0 Å². The minimum absolute atomic E-state index is 0.469. The molecule has 0 amide bonds. The third kappa shape index (κ3) is 1.32. The van der Waals surface area contributed by atoms with Gasteiger partial charge in [-0.05, 0) is 33.9 Å². The molecule has 2 aromatic rings. The van der Waals surface area contributed by atoms with Gasteiger partial charge in [0, 0.05) is 5.92 Å². The molecule has 2 aliphatic rings. The molecule has 0 nitrogen and oxygen atoms in total. The fourth-order valence-corrected chi connectivity index (χ4v) is 3.09. The van der Waals surface area contributed by atoms with Gasteiger partial charge in [0.15, 0.2) is 0 Å². The largest absolute Gasteiger partial charge is 0.0753 e. The van der Waals surface area contributed by atoms with Crippen molar-refractivity contribution in [3.8, 4) is 0 Å². The predicted molar refractivity (Wildman–Crippen MR) is 77.4 cm³/mol. The summed E-state index contributed by atoms with van der Waals surface area (Å²) in [6.07, 6.45) is 12.3. The lowest BCUT2D eigenvalue weighted by molar-refractivity contribution is 1.12. The van der Waals surface area contributed by atoms with Crippen LogP contribution in [-0.4, -0.2) is 0 Å². The van der Waals surface area contributed by atoms with Crippen LogP contribution in [0, 0.1) is 5.92 Å². The van der Waals surface area contributed by atoms with Crippen molar-refractivity contribution in [2.75, 3.05) is 0 Å². The molecule has 0 heteroatoms. The maximum atomic E-state index is 2.39. The van der Waals surface area contributed by atoms with Gasteiger partial charge < -0.3 is 0 Å². The van der Waals surface area contributed by atoms with Gasteiger partial charge in [0.1, 0.15) is 0 Å². The number of rotatable bonds is 1. The Labute approximate surface area is 107 Å². The lowest BCUT2D eigenvalue weighted by Crippen LogP contribution is -1.95. The van der Waals surface area contributed by atoms with E-state index >= 15 is 0 Å². The highest BCUT2D eigenvalue weighted by molar-refractivity contribution is 5.98. The lowest BCUT2D eigenvalue weighted by Gasteiger charge is -2.13. The molecule has 86 valence electrons. The van der Waals surface area contributed by atoms with E-state index in [2.05, 4.69) is 66.8 Å². The number of allylic oxidation sites excluding steroid dienone is 6. The summed E-state index contributed by atoms with van der Waals surface area (Å²) in [6.45, 7) is 0. The fourth-order valence-electron chi connectivity index (χ4n) is 3.09. The molecule has 0 saturated heterocycles. The zero-order valence-corrected chi connectivity index (χ0v) is 10.1. The lowest BCUT2D eigenvalue weighted by atomic mass is 9.91. The van der Waals surface area contributed by atoms with E-state index in [-0.39, 0.29) is 0 Å². The molecule has 0 fully saturated rings. The monoisotopic (exact) mass is 230 g/mol. The van der Waals surface area contributed by atoms with Gasteiger partial charge in [0.2, 0.25) is 0 Å². The van der Waals surface area contributed by atoms with Crippen LogP contribution in [-0.2, 0) is 6.42 Å². The summed E-state index contributed by atoms with van der Waals surface area (Å²) >= 11 is 0. The molecule has 0 radical (unpaired) electrons. The van der Waals surface area contributed by atoms with Crippen LogP contribution < -0.4 is 0 Å². The van der Waals surface area contributed by atoms with E-state index in [1.54, 1.807) is 0 Å². The summed E-state index contributed by atoms with van der Waals surface area (Å²) in [7, 11) is 0. The maximum absolute atomic E-state index is 2.39. The van der Waals surface area contributed by atoms with Gasteiger partial charge in [-0.1, -0.05) is 66.8 Å². The first-order chi connectivity index (χ1) is 8.93. The van der Waals surface area contributed by atoms with Gasteiger partial charge in [-0.15, -0.1) is 0 Å². The first-order valence-electron chi connectivity index (χ1n) is 6.49. The number of fused-ring (bicyclic) bond motifs is 3. The first-order valence-corrected chi connectivity index (χ1v) is 6.49. The average molecular weight is 230 g/mol. The molecular weight excluding hydrogens is 216 g/mol. The normalized spacial score (nSPS) is 17.4. The molecule has 4 rings (SSSR count). The average Bonchev–Trinajstić information content (AvgIpc) is 3.07. The molecule has 0 spiro atoms. The number of benzene rings is 2. The van der Waals surface area contributed by atoms with E-state index in [1.807, 2.05) is 0 Å². The summed E-state index contributed by atoms with van der Waals surface area (Å²) in [6, 6.07) is 13.2. The molecule has 0 aromatic heterocycles. The highest BCUT2D eigenvalue weighted by Gasteiger charge is 2.21. The third-order valence-electron chi connectivity index (χ3n) is 3.95. The summed E-state index contributed by atoms with van der Waals surface area (Å²) in [4.78, 5) is 0. The van der Waals surface area contributed by atoms with E-state index in [4.69, 9.17) is 0 Å². The minimum Gasteiger partial charge on any atom is -0.0753 e. The summed E-state index contributed by atoms with van der Waals surface area (Å²) in [5.41, 5.74) is 4.42. The van der Waals surface area contributed by atoms with Crippen molar-refractivity contribution < 1.29 is 0 Å². The van der Waals surface area contributed by atoms with Gasteiger partial charge in [-0.3, -0.25) is 0 Å². The smallest absolute Gasteiger partial charge is 0.0208 e. The summed E-state index contributed by atoms with van der Waals surface area (Å²) in [5, 5.41) is 2.74. The second kappa shape index (κ2) is 3.71. The van der Waals surface area contributed by atoms with Crippen LogP contribution in [0.2, 0.25) is 0 Å². The van der Waals surface area contributed by atoms with Crippen molar-refractivity contribution in [2.24, 2.45) is 5.92 Å². The molecule has 0 bridgehead atoms.